The molecule has 0 amide bonds. The highest BCUT2D eigenvalue weighted by Gasteiger charge is 2.20. The highest BCUT2D eigenvalue weighted by molar-refractivity contribution is 6.02. The molecule has 4 heterocycles. The van der Waals surface area contributed by atoms with E-state index in [1.807, 2.05) is 42.1 Å². The fourth-order valence-electron chi connectivity index (χ4n) is 5.02. The molecular formula is C27H23FN6. The molecule has 6 nitrogen and oxygen atoms in total. The first-order valence-electron chi connectivity index (χ1n) is 11.4. The summed E-state index contributed by atoms with van der Waals surface area (Å²) in [5.74, 6) is 0.0530. The summed E-state index contributed by atoms with van der Waals surface area (Å²) in [6.07, 6.45) is 6.96. The van der Waals surface area contributed by atoms with Crippen molar-refractivity contribution in [1.82, 2.24) is 24.4 Å². The van der Waals surface area contributed by atoms with Crippen LogP contribution < -0.4 is 5.32 Å². The minimum absolute atomic E-state index is 0.0339. The Bertz CT molecular complexity index is 1580. The number of imidazole rings is 1. The van der Waals surface area contributed by atoms with Gasteiger partial charge in [0.2, 0.25) is 0 Å². The second kappa shape index (κ2) is 8.08. The Morgan fingerprint density at radius 2 is 2.00 bits per heavy atom. The molecule has 1 saturated heterocycles. The molecule has 34 heavy (non-hydrogen) atoms. The normalized spacial score (nSPS) is 15.9. The van der Waals surface area contributed by atoms with Crippen molar-refractivity contribution in [2.24, 2.45) is 13.0 Å². The van der Waals surface area contributed by atoms with Crippen LogP contribution in [0.25, 0.3) is 44.3 Å². The number of hydrogen-bond donors (Lipinski definition) is 1. The molecule has 1 aliphatic rings. The molecule has 1 atom stereocenters. The second-order valence-corrected chi connectivity index (χ2v) is 8.97. The lowest BCUT2D eigenvalue weighted by molar-refractivity contribution is 0.491. The average molecular weight is 451 g/mol. The van der Waals surface area contributed by atoms with E-state index in [9.17, 15) is 9.65 Å². The van der Waals surface area contributed by atoms with Gasteiger partial charge in [-0.25, -0.2) is 9.37 Å². The number of nitriles is 1. The molecule has 0 bridgehead atoms. The third-order valence-corrected chi connectivity index (χ3v) is 6.82. The lowest BCUT2D eigenvalue weighted by atomic mass is 9.95. The SMILES string of the molecule is Cn1cnc2cc(-c3ncc4c(ccn4C[C@@H]4CCNC4)c3-c3ccc(C#N)c(F)c3)ccc21. The Balaban J connectivity index is 1.56. The lowest BCUT2D eigenvalue weighted by Gasteiger charge is -2.14. The number of nitrogens with one attached hydrogen (secondary N) is 1. The van der Waals surface area contributed by atoms with Crippen molar-refractivity contribution in [3.8, 4) is 28.5 Å². The average Bonchev–Trinajstić information content (AvgIpc) is 3.60. The summed E-state index contributed by atoms with van der Waals surface area (Å²) in [5.41, 5.74) is 6.22. The number of nitrogens with zero attached hydrogens (tertiary/aromatic N) is 5. The quantitative estimate of drug-likeness (QED) is 0.424. The van der Waals surface area contributed by atoms with E-state index in [4.69, 9.17) is 4.98 Å². The number of halogens is 1. The first-order chi connectivity index (χ1) is 16.6. The van der Waals surface area contributed by atoms with E-state index in [1.54, 1.807) is 12.4 Å². The van der Waals surface area contributed by atoms with E-state index in [1.165, 1.54) is 12.1 Å². The van der Waals surface area contributed by atoms with Gasteiger partial charge in [0.25, 0.3) is 0 Å². The zero-order chi connectivity index (χ0) is 23.2. The summed E-state index contributed by atoms with van der Waals surface area (Å²) in [6, 6.07) is 14.9. The summed E-state index contributed by atoms with van der Waals surface area (Å²) in [4.78, 5) is 9.38. The van der Waals surface area contributed by atoms with Crippen LogP contribution in [0.5, 0.6) is 0 Å². The smallest absolute Gasteiger partial charge is 0.141 e. The van der Waals surface area contributed by atoms with Crippen LogP contribution in [0.1, 0.15) is 12.0 Å². The first kappa shape index (κ1) is 20.6. The predicted molar refractivity (Wildman–Crippen MR) is 131 cm³/mol. The van der Waals surface area contributed by atoms with Crippen LogP contribution in [0.3, 0.4) is 0 Å². The van der Waals surface area contributed by atoms with Crippen molar-refractivity contribution in [3.05, 3.63) is 72.6 Å². The van der Waals surface area contributed by atoms with E-state index in [0.29, 0.717) is 11.5 Å². The van der Waals surface area contributed by atoms with Gasteiger partial charge in [-0.2, -0.15) is 5.26 Å². The lowest BCUT2D eigenvalue weighted by Crippen LogP contribution is -2.14. The standard InChI is InChI=1S/C27H23FN6/c1-33-16-32-23-11-19(4-5-24(23)33)27-26(18-2-3-20(12-29)22(28)10-18)21-7-9-34(25(21)14-31-27)15-17-6-8-30-13-17/h2-5,7,9-11,14,16-17,30H,6,8,13,15H2,1H3/t17-/m1/s1. The van der Waals surface area contributed by atoms with Gasteiger partial charge in [-0.1, -0.05) is 12.1 Å². The van der Waals surface area contributed by atoms with Crippen LogP contribution in [0.15, 0.2) is 61.2 Å². The number of hydrogen-bond acceptors (Lipinski definition) is 4. The predicted octanol–water partition coefficient (Wildman–Crippen LogP) is 4.88. The van der Waals surface area contributed by atoms with Crippen molar-refractivity contribution in [2.75, 3.05) is 13.1 Å². The Labute approximate surface area is 196 Å². The number of aryl methyl sites for hydroxylation is 1. The fourth-order valence-corrected chi connectivity index (χ4v) is 5.02. The fraction of sp³-hybridized carbons (Fsp3) is 0.222. The maximum Gasteiger partial charge on any atom is 0.141 e. The van der Waals surface area contributed by atoms with Gasteiger partial charge in [0.1, 0.15) is 11.9 Å². The number of pyridine rings is 1. The summed E-state index contributed by atoms with van der Waals surface area (Å²) >= 11 is 0. The zero-order valence-electron chi connectivity index (χ0n) is 18.8. The van der Waals surface area contributed by atoms with Crippen LogP contribution >= 0.6 is 0 Å². The highest BCUT2D eigenvalue weighted by atomic mass is 19.1. The van der Waals surface area contributed by atoms with E-state index < -0.39 is 5.82 Å². The molecule has 3 aromatic heterocycles. The van der Waals surface area contributed by atoms with Gasteiger partial charge in [-0.3, -0.25) is 4.98 Å². The molecular weight excluding hydrogens is 427 g/mol. The van der Waals surface area contributed by atoms with Crippen molar-refractivity contribution in [2.45, 2.75) is 13.0 Å². The van der Waals surface area contributed by atoms with Crippen LogP contribution in [0, 0.1) is 23.1 Å². The summed E-state index contributed by atoms with van der Waals surface area (Å²) in [7, 11) is 1.97. The molecule has 1 N–H and O–H groups in total. The molecule has 0 aliphatic carbocycles. The third-order valence-electron chi connectivity index (χ3n) is 6.82. The van der Waals surface area contributed by atoms with Crippen LogP contribution in [0.4, 0.5) is 4.39 Å². The van der Waals surface area contributed by atoms with Crippen molar-refractivity contribution in [1.29, 1.82) is 5.26 Å². The molecule has 5 aromatic rings. The number of rotatable bonds is 4. The Kier molecular flexibility index (Phi) is 4.89. The topological polar surface area (TPSA) is 71.5 Å². The van der Waals surface area contributed by atoms with E-state index in [0.717, 1.165) is 64.8 Å². The molecule has 2 aromatic carbocycles. The molecule has 7 heteroatoms. The Morgan fingerprint density at radius 3 is 2.79 bits per heavy atom. The third kappa shape index (κ3) is 3.35. The zero-order valence-corrected chi connectivity index (χ0v) is 18.8. The summed E-state index contributed by atoms with van der Waals surface area (Å²) in [5, 5.41) is 13.7. The molecule has 1 aliphatic heterocycles. The molecule has 0 spiro atoms. The Hall–Kier alpha value is -4.02. The molecule has 0 radical (unpaired) electrons. The Morgan fingerprint density at radius 1 is 1.12 bits per heavy atom. The highest BCUT2D eigenvalue weighted by Crippen LogP contribution is 2.38. The van der Waals surface area contributed by atoms with Crippen molar-refractivity contribution >= 4 is 21.9 Å². The van der Waals surface area contributed by atoms with E-state index in [2.05, 4.69) is 27.1 Å². The molecule has 1 fully saturated rings. The van der Waals surface area contributed by atoms with Crippen LogP contribution in [-0.4, -0.2) is 32.2 Å². The van der Waals surface area contributed by atoms with Gasteiger partial charge >= 0.3 is 0 Å². The molecule has 168 valence electrons. The second-order valence-electron chi connectivity index (χ2n) is 8.97. The number of aromatic nitrogens is 4. The number of benzene rings is 2. The minimum atomic E-state index is -0.528. The molecule has 0 unspecified atom stereocenters. The first-order valence-corrected chi connectivity index (χ1v) is 11.4. The summed E-state index contributed by atoms with van der Waals surface area (Å²) < 4.78 is 18.9. The summed E-state index contributed by atoms with van der Waals surface area (Å²) in [6.45, 7) is 2.99. The van der Waals surface area contributed by atoms with Crippen LogP contribution in [-0.2, 0) is 13.6 Å². The van der Waals surface area contributed by atoms with E-state index in [-0.39, 0.29) is 5.56 Å². The van der Waals surface area contributed by atoms with Gasteiger partial charge in [0.05, 0.1) is 40.3 Å². The largest absolute Gasteiger partial charge is 0.346 e. The van der Waals surface area contributed by atoms with Crippen molar-refractivity contribution < 1.29 is 4.39 Å². The van der Waals surface area contributed by atoms with Gasteiger partial charge in [0, 0.05) is 36.3 Å². The molecule has 0 saturated carbocycles. The van der Waals surface area contributed by atoms with Gasteiger partial charge < -0.3 is 14.5 Å². The van der Waals surface area contributed by atoms with Crippen LogP contribution in [0.2, 0.25) is 0 Å². The number of fused-ring (bicyclic) bond motifs is 2. The maximum absolute atomic E-state index is 14.7. The minimum Gasteiger partial charge on any atom is -0.346 e. The molecule has 6 rings (SSSR count). The van der Waals surface area contributed by atoms with E-state index >= 15 is 0 Å². The van der Waals surface area contributed by atoms with Crippen molar-refractivity contribution in [3.63, 3.8) is 0 Å². The van der Waals surface area contributed by atoms with Gasteiger partial charge in [0.15, 0.2) is 0 Å². The van der Waals surface area contributed by atoms with Gasteiger partial charge in [-0.05, 0) is 61.3 Å². The van der Waals surface area contributed by atoms with Gasteiger partial charge in [-0.15, -0.1) is 0 Å². The maximum atomic E-state index is 14.7. The monoisotopic (exact) mass is 450 g/mol.